The largest absolute Gasteiger partial charge is 0.462 e. The van der Waals surface area contributed by atoms with E-state index in [0.29, 0.717) is 11.4 Å². The van der Waals surface area contributed by atoms with Crippen LogP contribution in [0, 0.1) is 13.8 Å². The van der Waals surface area contributed by atoms with Gasteiger partial charge in [0.1, 0.15) is 6.54 Å². The van der Waals surface area contributed by atoms with Crippen LogP contribution in [0.3, 0.4) is 0 Å². The Hall–Kier alpha value is -3.15. The lowest BCUT2D eigenvalue weighted by Crippen LogP contribution is -2.37. The van der Waals surface area contributed by atoms with Gasteiger partial charge in [-0.15, -0.1) is 0 Å². The Balaban J connectivity index is 2.26. The quantitative estimate of drug-likeness (QED) is 0.792. The average Bonchev–Trinajstić information content (AvgIpc) is 2.63. The second-order valence-corrected chi connectivity index (χ2v) is 6.21. The number of nitrogens with zero attached hydrogens (tertiary/aromatic N) is 1. The van der Waals surface area contributed by atoms with Gasteiger partial charge in [-0.2, -0.15) is 0 Å². The monoisotopic (exact) mass is 368 g/mol. The zero-order valence-electron chi connectivity index (χ0n) is 16.0. The van der Waals surface area contributed by atoms with Crippen molar-refractivity contribution in [1.82, 2.24) is 0 Å². The highest BCUT2D eigenvalue weighted by Gasteiger charge is 2.22. The van der Waals surface area contributed by atoms with Crippen molar-refractivity contribution in [3.63, 3.8) is 0 Å². The van der Waals surface area contributed by atoms with Gasteiger partial charge in [-0.25, -0.2) is 4.79 Å². The Morgan fingerprint density at radius 1 is 1.07 bits per heavy atom. The molecule has 0 aliphatic rings. The second-order valence-electron chi connectivity index (χ2n) is 6.21. The van der Waals surface area contributed by atoms with Crippen molar-refractivity contribution >= 4 is 29.2 Å². The molecule has 0 radical (unpaired) electrons. The second kappa shape index (κ2) is 8.98. The lowest BCUT2D eigenvalue weighted by Gasteiger charge is -2.23. The maximum Gasteiger partial charge on any atom is 0.340 e. The summed E-state index contributed by atoms with van der Waals surface area (Å²) in [4.78, 5) is 38.2. The van der Waals surface area contributed by atoms with Gasteiger partial charge in [0.05, 0.1) is 17.9 Å². The van der Waals surface area contributed by atoms with Gasteiger partial charge in [-0.1, -0.05) is 24.3 Å². The van der Waals surface area contributed by atoms with Gasteiger partial charge in [0, 0.05) is 12.6 Å². The highest BCUT2D eigenvalue weighted by atomic mass is 16.5. The van der Waals surface area contributed by atoms with E-state index in [4.69, 9.17) is 4.74 Å². The molecule has 2 aromatic rings. The normalized spacial score (nSPS) is 10.2. The summed E-state index contributed by atoms with van der Waals surface area (Å²) in [5.74, 6) is -1.23. The number of rotatable bonds is 6. The van der Waals surface area contributed by atoms with Crippen molar-refractivity contribution in [2.75, 3.05) is 23.4 Å². The number of benzene rings is 2. The molecule has 2 aromatic carbocycles. The fourth-order valence-electron chi connectivity index (χ4n) is 2.66. The number of para-hydroxylation sites is 1. The number of ether oxygens (including phenoxy) is 1. The molecule has 2 amide bonds. The topological polar surface area (TPSA) is 75.7 Å². The van der Waals surface area contributed by atoms with Crippen molar-refractivity contribution in [2.45, 2.75) is 27.7 Å². The Morgan fingerprint density at radius 2 is 1.78 bits per heavy atom. The van der Waals surface area contributed by atoms with E-state index >= 15 is 0 Å². The minimum Gasteiger partial charge on any atom is -0.462 e. The van der Waals surface area contributed by atoms with Gasteiger partial charge in [0.15, 0.2) is 0 Å². The molecule has 0 atom stereocenters. The van der Waals surface area contributed by atoms with Crippen LogP contribution in [0.1, 0.15) is 35.3 Å². The fourth-order valence-corrected chi connectivity index (χ4v) is 2.66. The summed E-state index contributed by atoms with van der Waals surface area (Å²) in [5, 5.41) is 2.83. The molecule has 0 aliphatic carbocycles. The predicted molar refractivity (Wildman–Crippen MR) is 105 cm³/mol. The summed E-state index contributed by atoms with van der Waals surface area (Å²) in [7, 11) is 0. The third kappa shape index (κ3) is 5.17. The number of nitrogens with one attached hydrogen (secondary N) is 1. The molecule has 0 spiro atoms. The summed E-state index contributed by atoms with van der Waals surface area (Å²) in [6.07, 6.45) is 0. The van der Waals surface area contributed by atoms with Crippen LogP contribution in [-0.4, -0.2) is 30.9 Å². The Bertz CT molecular complexity index is 861. The molecule has 27 heavy (non-hydrogen) atoms. The number of hydrogen-bond donors (Lipinski definition) is 1. The first kappa shape index (κ1) is 20.2. The van der Waals surface area contributed by atoms with Crippen LogP contribution < -0.4 is 10.2 Å². The summed E-state index contributed by atoms with van der Waals surface area (Å²) in [6, 6.07) is 12.3. The molecule has 0 saturated carbocycles. The summed E-state index contributed by atoms with van der Waals surface area (Å²) >= 11 is 0. The van der Waals surface area contributed by atoms with Gasteiger partial charge >= 0.3 is 5.97 Å². The predicted octanol–water partition coefficient (Wildman–Crippen LogP) is 3.47. The highest BCUT2D eigenvalue weighted by molar-refractivity contribution is 6.06. The number of hydrogen-bond acceptors (Lipinski definition) is 4. The van der Waals surface area contributed by atoms with Gasteiger partial charge in [-0.05, 0) is 50.1 Å². The molecule has 142 valence electrons. The van der Waals surface area contributed by atoms with E-state index in [-0.39, 0.29) is 30.5 Å². The first-order chi connectivity index (χ1) is 12.8. The Labute approximate surface area is 159 Å². The van der Waals surface area contributed by atoms with Crippen molar-refractivity contribution in [3.8, 4) is 0 Å². The van der Waals surface area contributed by atoms with Crippen LogP contribution in [0.15, 0.2) is 42.5 Å². The van der Waals surface area contributed by atoms with E-state index in [1.54, 1.807) is 31.2 Å². The Morgan fingerprint density at radius 3 is 2.44 bits per heavy atom. The van der Waals surface area contributed by atoms with Gasteiger partial charge < -0.3 is 15.0 Å². The molecular weight excluding hydrogens is 344 g/mol. The maximum absolute atomic E-state index is 12.5. The number of anilines is 2. The molecule has 6 heteroatoms. The van der Waals surface area contributed by atoms with Crippen molar-refractivity contribution in [1.29, 1.82) is 0 Å². The molecule has 0 saturated heterocycles. The molecule has 6 nitrogen and oxygen atoms in total. The minimum absolute atomic E-state index is 0.209. The molecule has 0 heterocycles. The van der Waals surface area contributed by atoms with Crippen LogP contribution >= 0.6 is 0 Å². The van der Waals surface area contributed by atoms with E-state index in [0.717, 1.165) is 11.1 Å². The molecular formula is C21H24N2O4. The number of carbonyl (C=O) groups excluding carboxylic acids is 3. The molecule has 2 rings (SSSR count). The fraction of sp³-hybridized carbons (Fsp3) is 0.286. The van der Waals surface area contributed by atoms with E-state index in [9.17, 15) is 14.4 Å². The minimum atomic E-state index is -0.533. The zero-order valence-corrected chi connectivity index (χ0v) is 16.0. The zero-order chi connectivity index (χ0) is 20.0. The number of amides is 2. The Kier molecular flexibility index (Phi) is 6.71. The van der Waals surface area contributed by atoms with E-state index in [1.165, 1.54) is 11.8 Å². The van der Waals surface area contributed by atoms with Crippen molar-refractivity contribution in [3.05, 3.63) is 59.2 Å². The average molecular weight is 368 g/mol. The molecule has 0 unspecified atom stereocenters. The molecule has 0 aromatic heterocycles. The highest BCUT2D eigenvalue weighted by Crippen LogP contribution is 2.22. The van der Waals surface area contributed by atoms with Gasteiger partial charge in [0.25, 0.3) is 0 Å². The van der Waals surface area contributed by atoms with Crippen LogP contribution in [-0.2, 0) is 14.3 Å². The van der Waals surface area contributed by atoms with Crippen LogP contribution in [0.25, 0.3) is 0 Å². The van der Waals surface area contributed by atoms with E-state index in [1.807, 2.05) is 32.0 Å². The van der Waals surface area contributed by atoms with Gasteiger partial charge in [-0.3, -0.25) is 9.59 Å². The molecule has 1 N–H and O–H groups in total. The SMILES string of the molecule is CCOC(=O)c1ccccc1N(CC(=O)Nc1cc(C)ccc1C)C(C)=O. The van der Waals surface area contributed by atoms with E-state index in [2.05, 4.69) is 5.32 Å². The smallest absolute Gasteiger partial charge is 0.340 e. The number of esters is 1. The summed E-state index contributed by atoms with van der Waals surface area (Å²) < 4.78 is 5.05. The number of carbonyl (C=O) groups is 3. The summed E-state index contributed by atoms with van der Waals surface area (Å²) in [6.45, 7) is 6.91. The maximum atomic E-state index is 12.5. The molecule has 0 fully saturated rings. The van der Waals surface area contributed by atoms with Crippen molar-refractivity contribution < 1.29 is 19.1 Å². The lowest BCUT2D eigenvalue weighted by atomic mass is 10.1. The van der Waals surface area contributed by atoms with E-state index < -0.39 is 5.97 Å². The van der Waals surface area contributed by atoms with Gasteiger partial charge in [0.2, 0.25) is 11.8 Å². The van der Waals surface area contributed by atoms with Crippen LogP contribution in [0.4, 0.5) is 11.4 Å². The van der Waals surface area contributed by atoms with Crippen LogP contribution in [0.2, 0.25) is 0 Å². The molecule has 0 bridgehead atoms. The lowest BCUT2D eigenvalue weighted by molar-refractivity contribution is -0.120. The number of aryl methyl sites for hydroxylation is 2. The summed E-state index contributed by atoms with van der Waals surface area (Å²) in [5.41, 5.74) is 3.23. The van der Waals surface area contributed by atoms with Crippen LogP contribution in [0.5, 0.6) is 0 Å². The molecule has 0 aliphatic heterocycles. The van der Waals surface area contributed by atoms with Crippen molar-refractivity contribution in [2.24, 2.45) is 0 Å². The third-order valence-corrected chi connectivity index (χ3v) is 4.04. The first-order valence-corrected chi connectivity index (χ1v) is 8.74. The standard InChI is InChI=1S/C21H24N2O4/c1-5-27-21(26)17-8-6-7-9-19(17)23(16(4)24)13-20(25)22-18-12-14(2)10-11-15(18)3/h6-12H,5,13H2,1-4H3,(H,22,25). The first-order valence-electron chi connectivity index (χ1n) is 8.74. The third-order valence-electron chi connectivity index (χ3n) is 4.04.